The predicted molar refractivity (Wildman–Crippen MR) is 60.0 cm³/mol. The number of ketones is 1. The van der Waals surface area contributed by atoms with Crippen molar-refractivity contribution >= 4 is 17.4 Å². The van der Waals surface area contributed by atoms with Crippen LogP contribution in [0.3, 0.4) is 0 Å². The van der Waals surface area contributed by atoms with Crippen molar-refractivity contribution in [3.63, 3.8) is 0 Å². The maximum absolute atomic E-state index is 11.7. The zero-order chi connectivity index (χ0) is 10.4. The Labute approximate surface area is 94.4 Å². The molecule has 0 aliphatic heterocycles. The van der Waals surface area contributed by atoms with Crippen LogP contribution in [-0.2, 0) is 4.79 Å². The summed E-state index contributed by atoms with van der Waals surface area (Å²) in [5.74, 6) is 1.94. The molecule has 0 spiro atoms. The molecule has 78 valence electrons. The molecule has 1 nitrogen and oxygen atoms in total. The SMILES string of the molecule is O=C1CCCC2C1C2c1ccc(Cl)cc1. The standard InChI is InChI=1S/C13H13ClO/c14-9-6-4-8(5-7-9)12-10-2-1-3-11(15)13(10)12/h4-7,10,12-13H,1-3H2. The Hall–Kier alpha value is -0.820. The molecule has 3 rings (SSSR count). The molecule has 0 N–H and O–H groups in total. The molecule has 0 heterocycles. The number of benzene rings is 1. The Morgan fingerprint density at radius 2 is 1.87 bits per heavy atom. The van der Waals surface area contributed by atoms with Gasteiger partial charge >= 0.3 is 0 Å². The fourth-order valence-electron chi connectivity index (χ4n) is 2.99. The van der Waals surface area contributed by atoms with Crippen molar-refractivity contribution in [1.29, 1.82) is 0 Å². The zero-order valence-electron chi connectivity index (χ0n) is 8.45. The highest BCUT2D eigenvalue weighted by Gasteiger charge is 2.55. The first-order valence-corrected chi connectivity index (χ1v) is 5.93. The zero-order valence-corrected chi connectivity index (χ0v) is 9.20. The first-order valence-electron chi connectivity index (χ1n) is 5.55. The third-order valence-corrected chi connectivity index (χ3v) is 4.01. The smallest absolute Gasteiger partial charge is 0.136 e. The van der Waals surface area contributed by atoms with Crippen LogP contribution < -0.4 is 0 Å². The van der Waals surface area contributed by atoms with Gasteiger partial charge in [-0.3, -0.25) is 4.79 Å². The molecule has 1 aromatic carbocycles. The number of rotatable bonds is 1. The molecule has 0 aromatic heterocycles. The van der Waals surface area contributed by atoms with E-state index in [4.69, 9.17) is 11.6 Å². The summed E-state index contributed by atoms with van der Waals surface area (Å²) in [6.07, 6.45) is 3.11. The van der Waals surface area contributed by atoms with E-state index in [2.05, 4.69) is 12.1 Å². The van der Waals surface area contributed by atoms with Gasteiger partial charge in [0.15, 0.2) is 0 Å². The Morgan fingerprint density at radius 1 is 1.13 bits per heavy atom. The van der Waals surface area contributed by atoms with Crippen molar-refractivity contribution < 1.29 is 4.79 Å². The molecule has 0 bridgehead atoms. The fraction of sp³-hybridized carbons (Fsp3) is 0.462. The molecular formula is C13H13ClO. The Morgan fingerprint density at radius 3 is 2.53 bits per heavy atom. The molecule has 2 fully saturated rings. The van der Waals surface area contributed by atoms with E-state index in [-0.39, 0.29) is 0 Å². The molecule has 0 amide bonds. The molecule has 0 saturated heterocycles. The summed E-state index contributed by atoms with van der Waals surface area (Å²) in [5.41, 5.74) is 1.30. The molecule has 2 aliphatic carbocycles. The van der Waals surface area contributed by atoms with Crippen LogP contribution in [0.5, 0.6) is 0 Å². The number of carbonyl (C=O) groups is 1. The third-order valence-electron chi connectivity index (χ3n) is 3.76. The summed E-state index contributed by atoms with van der Waals surface area (Å²) in [6.45, 7) is 0. The highest BCUT2D eigenvalue weighted by Crippen LogP contribution is 2.59. The van der Waals surface area contributed by atoms with Crippen molar-refractivity contribution in [3.8, 4) is 0 Å². The van der Waals surface area contributed by atoms with Crippen LogP contribution in [0.15, 0.2) is 24.3 Å². The summed E-state index contributed by atoms with van der Waals surface area (Å²) < 4.78 is 0. The van der Waals surface area contributed by atoms with Gasteiger partial charge in [-0.15, -0.1) is 0 Å². The van der Waals surface area contributed by atoms with E-state index in [1.54, 1.807) is 0 Å². The lowest BCUT2D eigenvalue weighted by molar-refractivity contribution is -0.121. The van der Waals surface area contributed by atoms with Gasteiger partial charge in [0.25, 0.3) is 0 Å². The first-order chi connectivity index (χ1) is 7.27. The Balaban J connectivity index is 1.85. The normalized spacial score (nSPS) is 33.7. The van der Waals surface area contributed by atoms with Gasteiger partial charge in [0.1, 0.15) is 5.78 Å². The molecule has 15 heavy (non-hydrogen) atoms. The van der Waals surface area contributed by atoms with Crippen LogP contribution in [0.2, 0.25) is 5.02 Å². The van der Waals surface area contributed by atoms with Gasteiger partial charge in [-0.1, -0.05) is 23.7 Å². The average Bonchev–Trinajstić information content (AvgIpc) is 2.95. The topological polar surface area (TPSA) is 17.1 Å². The number of halogens is 1. The molecular weight excluding hydrogens is 208 g/mol. The lowest BCUT2D eigenvalue weighted by atomic mass is 10.00. The fourth-order valence-corrected chi connectivity index (χ4v) is 3.12. The van der Waals surface area contributed by atoms with Crippen molar-refractivity contribution in [1.82, 2.24) is 0 Å². The second-order valence-corrected chi connectivity index (χ2v) is 5.06. The van der Waals surface area contributed by atoms with E-state index in [9.17, 15) is 4.79 Å². The number of hydrogen-bond donors (Lipinski definition) is 0. The van der Waals surface area contributed by atoms with E-state index in [0.29, 0.717) is 23.5 Å². The molecule has 2 aliphatic rings. The summed E-state index contributed by atoms with van der Waals surface area (Å²) in [4.78, 5) is 11.7. The minimum absolute atomic E-state index is 0.333. The minimum atomic E-state index is 0.333. The van der Waals surface area contributed by atoms with E-state index < -0.39 is 0 Å². The largest absolute Gasteiger partial charge is 0.299 e. The summed E-state index contributed by atoms with van der Waals surface area (Å²) in [5, 5.41) is 0.772. The quantitative estimate of drug-likeness (QED) is 0.709. The number of fused-ring (bicyclic) bond motifs is 1. The number of Topliss-reactive ketones (excluding diaryl/α,β-unsaturated/α-hetero) is 1. The van der Waals surface area contributed by atoms with Gasteiger partial charge in [-0.05, 0) is 42.4 Å². The first kappa shape index (κ1) is 9.41. The highest BCUT2D eigenvalue weighted by atomic mass is 35.5. The van der Waals surface area contributed by atoms with Gasteiger partial charge in [0.2, 0.25) is 0 Å². The second-order valence-electron chi connectivity index (χ2n) is 4.63. The number of hydrogen-bond acceptors (Lipinski definition) is 1. The lowest BCUT2D eigenvalue weighted by Crippen LogP contribution is -2.07. The van der Waals surface area contributed by atoms with E-state index in [0.717, 1.165) is 17.9 Å². The van der Waals surface area contributed by atoms with Crippen LogP contribution in [0.25, 0.3) is 0 Å². The molecule has 3 atom stereocenters. The van der Waals surface area contributed by atoms with Crippen molar-refractivity contribution in [2.24, 2.45) is 11.8 Å². The number of carbonyl (C=O) groups excluding carboxylic acids is 1. The molecule has 1 aromatic rings. The molecule has 2 heteroatoms. The summed E-state index contributed by atoms with van der Waals surface area (Å²) in [6, 6.07) is 7.98. The van der Waals surface area contributed by atoms with Gasteiger partial charge in [0, 0.05) is 17.4 Å². The van der Waals surface area contributed by atoms with Crippen LogP contribution in [-0.4, -0.2) is 5.78 Å². The minimum Gasteiger partial charge on any atom is -0.299 e. The second kappa shape index (κ2) is 3.34. The Bertz CT molecular complexity index is 396. The van der Waals surface area contributed by atoms with Crippen molar-refractivity contribution in [2.75, 3.05) is 0 Å². The van der Waals surface area contributed by atoms with Crippen LogP contribution >= 0.6 is 11.6 Å². The van der Waals surface area contributed by atoms with Crippen molar-refractivity contribution in [2.45, 2.75) is 25.2 Å². The maximum Gasteiger partial charge on any atom is 0.136 e. The molecule has 0 radical (unpaired) electrons. The van der Waals surface area contributed by atoms with Gasteiger partial charge in [0.05, 0.1) is 0 Å². The van der Waals surface area contributed by atoms with Crippen LogP contribution in [0.4, 0.5) is 0 Å². The maximum atomic E-state index is 11.7. The van der Waals surface area contributed by atoms with Gasteiger partial charge in [-0.2, -0.15) is 0 Å². The summed E-state index contributed by atoms with van der Waals surface area (Å²) in [7, 11) is 0. The summed E-state index contributed by atoms with van der Waals surface area (Å²) >= 11 is 5.85. The average molecular weight is 221 g/mol. The van der Waals surface area contributed by atoms with E-state index in [1.807, 2.05) is 12.1 Å². The van der Waals surface area contributed by atoms with Gasteiger partial charge < -0.3 is 0 Å². The predicted octanol–water partition coefficient (Wildman–Crippen LogP) is 3.42. The monoisotopic (exact) mass is 220 g/mol. The molecule has 2 saturated carbocycles. The molecule has 3 unspecified atom stereocenters. The van der Waals surface area contributed by atoms with Crippen molar-refractivity contribution in [3.05, 3.63) is 34.9 Å². The van der Waals surface area contributed by atoms with Crippen LogP contribution in [0, 0.1) is 11.8 Å². The van der Waals surface area contributed by atoms with E-state index >= 15 is 0 Å². The highest BCUT2D eigenvalue weighted by molar-refractivity contribution is 6.30. The lowest BCUT2D eigenvalue weighted by Gasteiger charge is -2.04. The van der Waals surface area contributed by atoms with E-state index in [1.165, 1.54) is 12.0 Å². The van der Waals surface area contributed by atoms with Gasteiger partial charge in [-0.25, -0.2) is 0 Å². The Kier molecular flexibility index (Phi) is 2.10. The van der Waals surface area contributed by atoms with Crippen LogP contribution in [0.1, 0.15) is 30.7 Å². The third kappa shape index (κ3) is 1.50.